The van der Waals surface area contributed by atoms with E-state index in [-0.39, 0.29) is 24.6 Å². The summed E-state index contributed by atoms with van der Waals surface area (Å²) in [6.07, 6.45) is 0.169. The van der Waals surface area contributed by atoms with Gasteiger partial charge >= 0.3 is 5.97 Å². The molecule has 0 spiro atoms. The molecular formula is C25H30O8. The molecule has 0 unspecified atom stereocenters. The molecule has 2 aromatic rings. The molecular weight excluding hydrogens is 428 g/mol. The third kappa shape index (κ3) is 3.67. The van der Waals surface area contributed by atoms with Crippen LogP contribution in [0, 0.1) is 11.8 Å². The molecule has 1 aliphatic heterocycles. The van der Waals surface area contributed by atoms with Crippen molar-refractivity contribution in [3.63, 3.8) is 0 Å². The van der Waals surface area contributed by atoms with Crippen LogP contribution in [0.3, 0.4) is 0 Å². The summed E-state index contributed by atoms with van der Waals surface area (Å²) in [5.41, 5.74) is 3.27. The quantitative estimate of drug-likeness (QED) is 0.604. The minimum Gasteiger partial charge on any atom is -0.493 e. The zero-order valence-electron chi connectivity index (χ0n) is 20.1. The zero-order chi connectivity index (χ0) is 23.9. The Morgan fingerprint density at radius 3 is 2.21 bits per heavy atom. The van der Waals surface area contributed by atoms with Gasteiger partial charge in [-0.1, -0.05) is 13.8 Å². The van der Waals surface area contributed by atoms with Crippen LogP contribution in [0.2, 0.25) is 0 Å². The van der Waals surface area contributed by atoms with Crippen LogP contribution in [0.1, 0.15) is 38.0 Å². The van der Waals surface area contributed by atoms with Gasteiger partial charge in [-0.3, -0.25) is 4.79 Å². The fraction of sp³-hybridized carbons (Fsp3) is 0.480. The van der Waals surface area contributed by atoms with Crippen LogP contribution < -0.4 is 28.4 Å². The first-order chi connectivity index (χ1) is 15.9. The largest absolute Gasteiger partial charge is 0.493 e. The van der Waals surface area contributed by atoms with E-state index in [0.29, 0.717) is 46.5 Å². The van der Waals surface area contributed by atoms with Gasteiger partial charge in [0.1, 0.15) is 6.10 Å². The van der Waals surface area contributed by atoms with Crippen LogP contribution in [0.5, 0.6) is 34.5 Å². The summed E-state index contributed by atoms with van der Waals surface area (Å²) in [5.74, 6) is 2.90. The van der Waals surface area contributed by atoms with Crippen molar-refractivity contribution in [2.24, 2.45) is 11.8 Å². The molecule has 178 valence electrons. The van der Waals surface area contributed by atoms with Crippen molar-refractivity contribution >= 4 is 5.97 Å². The molecule has 8 nitrogen and oxygen atoms in total. The Labute approximate surface area is 193 Å². The lowest BCUT2D eigenvalue weighted by atomic mass is 9.76. The van der Waals surface area contributed by atoms with Gasteiger partial charge in [0.2, 0.25) is 18.3 Å². The maximum Gasteiger partial charge on any atom is 0.303 e. The molecule has 0 radical (unpaired) electrons. The Hall–Kier alpha value is -3.29. The van der Waals surface area contributed by atoms with E-state index in [4.69, 9.17) is 33.2 Å². The predicted octanol–water partition coefficient (Wildman–Crippen LogP) is 4.55. The fourth-order valence-electron chi connectivity index (χ4n) is 4.81. The normalized spacial score (nSPS) is 20.6. The van der Waals surface area contributed by atoms with Crippen LogP contribution in [0.25, 0.3) is 11.1 Å². The van der Waals surface area contributed by atoms with Crippen LogP contribution >= 0.6 is 0 Å². The molecule has 3 atom stereocenters. The lowest BCUT2D eigenvalue weighted by molar-refractivity contribution is -0.150. The predicted molar refractivity (Wildman–Crippen MR) is 121 cm³/mol. The molecule has 0 N–H and O–H groups in total. The van der Waals surface area contributed by atoms with Gasteiger partial charge in [-0.15, -0.1) is 0 Å². The zero-order valence-corrected chi connectivity index (χ0v) is 20.1. The number of benzene rings is 2. The summed E-state index contributed by atoms with van der Waals surface area (Å²) in [6.45, 7) is 5.76. The standard InChI is InChI=1S/C25H30O8/c1-12-8-15-9-18-23(32-11-31-18)24(29-6)19(15)20-16(21(13(12)2)33-14(3)26)10-17(27-4)22(28-5)25(20)30-7/h9-10,12-13,21H,8,11H2,1-7H3/t12-,13+,21+/m0/s1. The van der Waals surface area contributed by atoms with Crippen LogP contribution in [0.15, 0.2) is 12.1 Å². The molecule has 4 rings (SSSR count). The lowest BCUT2D eigenvalue weighted by Crippen LogP contribution is -2.26. The monoisotopic (exact) mass is 458 g/mol. The van der Waals surface area contributed by atoms with Crippen molar-refractivity contribution in [2.45, 2.75) is 33.3 Å². The number of carbonyl (C=O) groups excluding carboxylic acids is 1. The van der Waals surface area contributed by atoms with Crippen molar-refractivity contribution in [1.29, 1.82) is 0 Å². The first kappa shape index (κ1) is 22.9. The van der Waals surface area contributed by atoms with Gasteiger partial charge < -0.3 is 33.2 Å². The molecule has 2 aromatic carbocycles. The van der Waals surface area contributed by atoms with E-state index in [2.05, 4.69) is 13.8 Å². The van der Waals surface area contributed by atoms with Gasteiger partial charge in [0.25, 0.3) is 0 Å². The number of esters is 1. The van der Waals surface area contributed by atoms with Gasteiger partial charge in [0.15, 0.2) is 23.0 Å². The molecule has 0 fully saturated rings. The summed E-state index contributed by atoms with van der Waals surface area (Å²) in [6, 6.07) is 3.85. The average Bonchev–Trinajstić information content (AvgIpc) is 3.27. The van der Waals surface area contributed by atoms with E-state index in [0.717, 1.165) is 16.7 Å². The molecule has 2 aliphatic rings. The first-order valence-corrected chi connectivity index (χ1v) is 10.9. The average molecular weight is 459 g/mol. The molecule has 0 saturated carbocycles. The second-order valence-electron chi connectivity index (χ2n) is 8.36. The van der Waals surface area contributed by atoms with E-state index >= 15 is 0 Å². The Morgan fingerprint density at radius 2 is 1.61 bits per heavy atom. The van der Waals surface area contributed by atoms with Crippen LogP contribution in [0.4, 0.5) is 0 Å². The van der Waals surface area contributed by atoms with Gasteiger partial charge in [0.05, 0.1) is 28.4 Å². The van der Waals surface area contributed by atoms with E-state index in [1.54, 1.807) is 28.4 Å². The number of fused-ring (bicyclic) bond motifs is 4. The first-order valence-electron chi connectivity index (χ1n) is 10.9. The molecule has 33 heavy (non-hydrogen) atoms. The number of carbonyl (C=O) groups is 1. The third-order valence-corrected chi connectivity index (χ3v) is 6.53. The molecule has 1 heterocycles. The highest BCUT2D eigenvalue weighted by Crippen LogP contribution is 2.58. The van der Waals surface area contributed by atoms with Crippen molar-refractivity contribution in [1.82, 2.24) is 0 Å². The van der Waals surface area contributed by atoms with E-state index in [1.165, 1.54) is 6.92 Å². The van der Waals surface area contributed by atoms with Gasteiger partial charge in [-0.05, 0) is 30.0 Å². The Bertz CT molecular complexity index is 1080. The van der Waals surface area contributed by atoms with Gasteiger partial charge in [0, 0.05) is 29.5 Å². The summed E-state index contributed by atoms with van der Waals surface area (Å²) in [4.78, 5) is 12.2. The third-order valence-electron chi connectivity index (χ3n) is 6.53. The topological polar surface area (TPSA) is 81.7 Å². The van der Waals surface area contributed by atoms with E-state index in [9.17, 15) is 4.79 Å². The second-order valence-corrected chi connectivity index (χ2v) is 8.36. The summed E-state index contributed by atoms with van der Waals surface area (Å²) >= 11 is 0. The summed E-state index contributed by atoms with van der Waals surface area (Å²) in [5, 5.41) is 0. The van der Waals surface area contributed by atoms with Crippen LogP contribution in [-0.4, -0.2) is 41.2 Å². The summed E-state index contributed by atoms with van der Waals surface area (Å²) < 4.78 is 40.4. The highest BCUT2D eigenvalue weighted by molar-refractivity contribution is 5.89. The minimum atomic E-state index is -0.538. The summed E-state index contributed by atoms with van der Waals surface area (Å²) in [7, 11) is 6.29. The molecule has 0 saturated heterocycles. The molecule has 0 aromatic heterocycles. The van der Waals surface area contributed by atoms with Crippen molar-refractivity contribution < 1.29 is 38.0 Å². The Kier molecular flexibility index (Phi) is 6.19. The number of rotatable bonds is 5. The maximum absolute atomic E-state index is 12.2. The highest BCUT2D eigenvalue weighted by atomic mass is 16.7. The Balaban J connectivity index is 2.17. The van der Waals surface area contributed by atoms with Crippen molar-refractivity contribution in [3.8, 4) is 45.6 Å². The highest BCUT2D eigenvalue weighted by Gasteiger charge is 2.39. The van der Waals surface area contributed by atoms with Gasteiger partial charge in [-0.2, -0.15) is 0 Å². The lowest BCUT2D eigenvalue weighted by Gasteiger charge is -2.35. The molecule has 0 bridgehead atoms. The number of hydrogen-bond acceptors (Lipinski definition) is 8. The molecule has 0 amide bonds. The van der Waals surface area contributed by atoms with Crippen molar-refractivity contribution in [3.05, 3.63) is 23.3 Å². The minimum absolute atomic E-state index is 0.0000231. The van der Waals surface area contributed by atoms with Crippen LogP contribution in [-0.2, 0) is 16.0 Å². The SMILES string of the molecule is COc1cc2c(c(OC)c1OC)-c1c(cc3c(c1OC)OCO3)C[C@H](C)[C@@H](C)[C@H]2OC(C)=O. The van der Waals surface area contributed by atoms with Gasteiger partial charge in [-0.25, -0.2) is 0 Å². The number of hydrogen-bond donors (Lipinski definition) is 0. The maximum atomic E-state index is 12.2. The second kappa shape index (κ2) is 8.92. The number of ether oxygens (including phenoxy) is 7. The molecule has 8 heteroatoms. The van der Waals surface area contributed by atoms with E-state index < -0.39 is 6.10 Å². The number of methoxy groups -OCH3 is 4. The fourth-order valence-corrected chi connectivity index (χ4v) is 4.81. The Morgan fingerprint density at radius 1 is 0.909 bits per heavy atom. The van der Waals surface area contributed by atoms with E-state index in [1.807, 2.05) is 12.1 Å². The van der Waals surface area contributed by atoms with Crippen molar-refractivity contribution in [2.75, 3.05) is 35.2 Å². The smallest absolute Gasteiger partial charge is 0.303 e. The molecule has 1 aliphatic carbocycles.